The quantitative estimate of drug-likeness (QED) is 0.315. The Kier molecular flexibility index (Phi) is 6.49. The summed E-state index contributed by atoms with van der Waals surface area (Å²) in [5.74, 6) is 1.24. The molecule has 7 heteroatoms. The average molecular weight is 497 g/mol. The van der Waals surface area contributed by atoms with Crippen molar-refractivity contribution >= 4 is 44.6 Å². The lowest BCUT2D eigenvalue weighted by molar-refractivity contribution is 0.306. The Bertz CT molecular complexity index is 1330. The Morgan fingerprint density at radius 1 is 1.13 bits per heavy atom. The second-order valence-electron chi connectivity index (χ2n) is 6.82. The SMILES string of the molecule is CCc1nc2ccc(Br)cc2c(=O)n1N=Cc1ccccc1OCc1ccccc1Cl. The number of aromatic nitrogens is 2. The van der Waals surface area contributed by atoms with Gasteiger partial charge in [0.1, 0.15) is 18.2 Å². The van der Waals surface area contributed by atoms with Crippen molar-refractivity contribution in [1.82, 2.24) is 9.66 Å². The van der Waals surface area contributed by atoms with Gasteiger partial charge in [0.25, 0.3) is 5.56 Å². The van der Waals surface area contributed by atoms with Gasteiger partial charge < -0.3 is 4.74 Å². The van der Waals surface area contributed by atoms with Crippen LogP contribution in [0, 0.1) is 0 Å². The molecule has 0 atom stereocenters. The second kappa shape index (κ2) is 9.45. The first-order valence-electron chi connectivity index (χ1n) is 9.77. The van der Waals surface area contributed by atoms with Crippen LogP contribution in [0.5, 0.6) is 5.75 Å². The van der Waals surface area contributed by atoms with E-state index in [0.29, 0.717) is 40.5 Å². The van der Waals surface area contributed by atoms with Gasteiger partial charge in [0.15, 0.2) is 0 Å². The van der Waals surface area contributed by atoms with Crippen LogP contribution in [0.1, 0.15) is 23.9 Å². The molecule has 0 radical (unpaired) electrons. The predicted octanol–water partition coefficient (Wildman–Crippen LogP) is 5.84. The number of rotatable bonds is 6. The Hall–Kier alpha value is -2.96. The van der Waals surface area contributed by atoms with Crippen LogP contribution in [0.2, 0.25) is 5.02 Å². The maximum Gasteiger partial charge on any atom is 0.282 e. The molecule has 1 heterocycles. The Labute approximate surface area is 193 Å². The molecule has 0 aliphatic rings. The van der Waals surface area contributed by atoms with Crippen LogP contribution < -0.4 is 10.3 Å². The van der Waals surface area contributed by atoms with E-state index in [4.69, 9.17) is 16.3 Å². The zero-order valence-electron chi connectivity index (χ0n) is 16.8. The van der Waals surface area contributed by atoms with Crippen LogP contribution in [0.4, 0.5) is 0 Å². The molecule has 1 aromatic heterocycles. The first-order chi connectivity index (χ1) is 15.1. The zero-order chi connectivity index (χ0) is 21.8. The van der Waals surface area contributed by atoms with E-state index < -0.39 is 0 Å². The maximum atomic E-state index is 13.1. The standard InChI is InChI=1S/C24H19BrClN3O2/c1-2-23-28-21-12-11-18(25)13-19(21)24(30)29(23)27-14-16-7-4-6-10-22(16)31-15-17-8-3-5-9-20(17)26/h3-14H,2,15H2,1H3. The first-order valence-corrected chi connectivity index (χ1v) is 10.9. The van der Waals surface area contributed by atoms with Gasteiger partial charge in [-0.1, -0.05) is 64.8 Å². The molecule has 0 N–H and O–H groups in total. The van der Waals surface area contributed by atoms with Crippen molar-refractivity contribution in [2.75, 3.05) is 0 Å². The van der Waals surface area contributed by atoms with E-state index in [1.54, 1.807) is 12.3 Å². The number of nitrogens with zero attached hydrogens (tertiary/aromatic N) is 3. The summed E-state index contributed by atoms with van der Waals surface area (Å²) < 4.78 is 8.14. The number of hydrogen-bond donors (Lipinski definition) is 0. The molecular weight excluding hydrogens is 478 g/mol. The highest BCUT2D eigenvalue weighted by Gasteiger charge is 2.10. The molecule has 0 aliphatic heterocycles. The van der Waals surface area contributed by atoms with Crippen molar-refractivity contribution < 1.29 is 4.74 Å². The van der Waals surface area contributed by atoms with Crippen molar-refractivity contribution in [3.63, 3.8) is 0 Å². The monoisotopic (exact) mass is 495 g/mol. The molecule has 156 valence electrons. The summed E-state index contributed by atoms with van der Waals surface area (Å²) in [6.07, 6.45) is 2.19. The molecule has 0 aliphatic carbocycles. The normalized spacial score (nSPS) is 11.3. The summed E-state index contributed by atoms with van der Waals surface area (Å²) in [5.41, 5.74) is 2.08. The number of aryl methyl sites for hydroxylation is 1. The highest BCUT2D eigenvalue weighted by atomic mass is 79.9. The second-order valence-corrected chi connectivity index (χ2v) is 8.15. The van der Waals surface area contributed by atoms with Crippen LogP contribution in [0.3, 0.4) is 0 Å². The van der Waals surface area contributed by atoms with E-state index in [0.717, 1.165) is 15.6 Å². The van der Waals surface area contributed by atoms with Crippen LogP contribution in [0.25, 0.3) is 10.9 Å². The van der Waals surface area contributed by atoms with Gasteiger partial charge in [-0.3, -0.25) is 4.79 Å². The summed E-state index contributed by atoms with van der Waals surface area (Å²) in [6.45, 7) is 2.27. The van der Waals surface area contributed by atoms with Crippen molar-refractivity contribution in [2.24, 2.45) is 5.10 Å². The number of fused-ring (bicyclic) bond motifs is 1. The predicted molar refractivity (Wildman–Crippen MR) is 128 cm³/mol. The fraction of sp³-hybridized carbons (Fsp3) is 0.125. The molecule has 0 spiro atoms. The van der Waals surface area contributed by atoms with E-state index in [-0.39, 0.29) is 5.56 Å². The van der Waals surface area contributed by atoms with E-state index in [1.807, 2.05) is 67.6 Å². The highest BCUT2D eigenvalue weighted by molar-refractivity contribution is 9.10. The molecular formula is C24H19BrClN3O2. The van der Waals surface area contributed by atoms with Gasteiger partial charge in [-0.05, 0) is 36.4 Å². The van der Waals surface area contributed by atoms with Gasteiger partial charge >= 0.3 is 0 Å². The van der Waals surface area contributed by atoms with Gasteiger partial charge in [-0.2, -0.15) is 9.78 Å². The minimum absolute atomic E-state index is 0.214. The number of hydrogen-bond acceptors (Lipinski definition) is 4. The number of ether oxygens (including phenoxy) is 1. The maximum absolute atomic E-state index is 13.1. The molecule has 0 fully saturated rings. The molecule has 4 aromatic rings. The number of para-hydroxylation sites is 1. The Balaban J connectivity index is 1.68. The van der Waals surface area contributed by atoms with Crippen molar-refractivity contribution in [1.29, 1.82) is 0 Å². The third-order valence-corrected chi connectivity index (χ3v) is 5.63. The minimum Gasteiger partial charge on any atom is -0.488 e. The van der Waals surface area contributed by atoms with E-state index >= 15 is 0 Å². The Morgan fingerprint density at radius 3 is 2.71 bits per heavy atom. The van der Waals surface area contributed by atoms with Gasteiger partial charge in [0.2, 0.25) is 0 Å². The lowest BCUT2D eigenvalue weighted by Gasteiger charge is -2.11. The van der Waals surface area contributed by atoms with Gasteiger partial charge in [0, 0.05) is 27.0 Å². The van der Waals surface area contributed by atoms with E-state index in [1.165, 1.54) is 4.68 Å². The van der Waals surface area contributed by atoms with Crippen molar-refractivity contribution in [3.8, 4) is 5.75 Å². The molecule has 3 aromatic carbocycles. The van der Waals surface area contributed by atoms with E-state index in [9.17, 15) is 4.79 Å². The molecule has 0 saturated carbocycles. The summed E-state index contributed by atoms with van der Waals surface area (Å²) in [7, 11) is 0. The van der Waals surface area contributed by atoms with Crippen molar-refractivity contribution in [2.45, 2.75) is 20.0 Å². The summed E-state index contributed by atoms with van der Waals surface area (Å²) >= 11 is 9.64. The molecule has 0 unspecified atom stereocenters. The van der Waals surface area contributed by atoms with Gasteiger partial charge in [-0.15, -0.1) is 0 Å². The van der Waals surface area contributed by atoms with E-state index in [2.05, 4.69) is 26.0 Å². The summed E-state index contributed by atoms with van der Waals surface area (Å²) in [6, 6.07) is 20.5. The van der Waals surface area contributed by atoms with Gasteiger partial charge in [-0.25, -0.2) is 4.98 Å². The minimum atomic E-state index is -0.214. The zero-order valence-corrected chi connectivity index (χ0v) is 19.1. The first kappa shape index (κ1) is 21.3. The fourth-order valence-corrected chi connectivity index (χ4v) is 3.70. The highest BCUT2D eigenvalue weighted by Crippen LogP contribution is 2.21. The van der Waals surface area contributed by atoms with Crippen LogP contribution in [-0.4, -0.2) is 15.9 Å². The lowest BCUT2D eigenvalue weighted by atomic mass is 10.2. The molecule has 5 nitrogen and oxygen atoms in total. The number of halogens is 2. The third-order valence-electron chi connectivity index (χ3n) is 4.76. The van der Waals surface area contributed by atoms with Crippen LogP contribution in [-0.2, 0) is 13.0 Å². The summed E-state index contributed by atoms with van der Waals surface area (Å²) in [4.78, 5) is 17.7. The molecule has 0 amide bonds. The summed E-state index contributed by atoms with van der Waals surface area (Å²) in [5, 5.41) is 5.62. The smallest absolute Gasteiger partial charge is 0.282 e. The molecule has 4 rings (SSSR count). The van der Waals surface area contributed by atoms with Crippen LogP contribution in [0.15, 0.2) is 81.1 Å². The van der Waals surface area contributed by atoms with Gasteiger partial charge in [0.05, 0.1) is 17.1 Å². The fourth-order valence-electron chi connectivity index (χ4n) is 3.15. The molecule has 31 heavy (non-hydrogen) atoms. The lowest BCUT2D eigenvalue weighted by Crippen LogP contribution is -2.22. The number of benzene rings is 3. The Morgan fingerprint density at radius 2 is 1.90 bits per heavy atom. The molecule has 0 saturated heterocycles. The van der Waals surface area contributed by atoms with Crippen LogP contribution >= 0.6 is 27.5 Å². The third kappa shape index (κ3) is 4.70. The average Bonchev–Trinajstić information content (AvgIpc) is 2.79. The van der Waals surface area contributed by atoms with Crippen molar-refractivity contribution in [3.05, 3.63) is 104 Å². The molecule has 0 bridgehead atoms. The largest absolute Gasteiger partial charge is 0.488 e. The topological polar surface area (TPSA) is 56.5 Å².